The van der Waals surface area contributed by atoms with Gasteiger partial charge < -0.3 is 10.5 Å². The van der Waals surface area contributed by atoms with Crippen LogP contribution >= 0.6 is 11.3 Å². The summed E-state index contributed by atoms with van der Waals surface area (Å²) in [6.45, 7) is 4.67. The van der Waals surface area contributed by atoms with Crippen molar-refractivity contribution in [1.82, 2.24) is 0 Å². The predicted octanol–water partition coefficient (Wildman–Crippen LogP) is 3.73. The molecule has 1 unspecified atom stereocenters. The smallest absolute Gasteiger partial charge is 0.0871 e. The van der Waals surface area contributed by atoms with Crippen molar-refractivity contribution in [3.63, 3.8) is 0 Å². The van der Waals surface area contributed by atoms with Crippen molar-refractivity contribution < 1.29 is 4.74 Å². The summed E-state index contributed by atoms with van der Waals surface area (Å²) in [7, 11) is 1.81. The average Bonchev–Trinajstić information content (AvgIpc) is 2.82. The summed E-state index contributed by atoms with van der Waals surface area (Å²) in [5, 5.41) is 4.23. The minimum absolute atomic E-state index is 0.00912. The molecule has 1 aliphatic rings. The molecule has 0 aromatic carbocycles. The topological polar surface area (TPSA) is 35.2 Å². The molecule has 17 heavy (non-hydrogen) atoms. The summed E-state index contributed by atoms with van der Waals surface area (Å²) in [5.41, 5.74) is 7.93. The van der Waals surface area contributed by atoms with E-state index in [-0.39, 0.29) is 11.6 Å². The Morgan fingerprint density at radius 2 is 1.94 bits per heavy atom. The first-order chi connectivity index (χ1) is 7.99. The molecule has 96 valence electrons. The van der Waals surface area contributed by atoms with Crippen LogP contribution in [0.25, 0.3) is 0 Å². The Hall–Kier alpha value is -0.380. The largest absolute Gasteiger partial charge is 0.376 e. The van der Waals surface area contributed by atoms with E-state index >= 15 is 0 Å². The standard InChI is InChI=1S/C14H23NOS/c1-13(2)5-7-14(16-3,8-6-13)12(15)11-4-9-17-10-11/h4,9-10,12H,5-8,15H2,1-3H3. The zero-order valence-corrected chi connectivity index (χ0v) is 11.8. The van der Waals surface area contributed by atoms with Gasteiger partial charge in [-0.15, -0.1) is 0 Å². The molecular weight excluding hydrogens is 230 g/mol. The Labute approximate surface area is 108 Å². The highest BCUT2D eigenvalue weighted by atomic mass is 32.1. The molecule has 0 aliphatic heterocycles. The van der Waals surface area contributed by atoms with Gasteiger partial charge in [-0.3, -0.25) is 0 Å². The van der Waals surface area contributed by atoms with Gasteiger partial charge in [-0.1, -0.05) is 13.8 Å². The summed E-state index contributed by atoms with van der Waals surface area (Å²) in [5.74, 6) is 0. The van der Waals surface area contributed by atoms with Crippen LogP contribution in [0.2, 0.25) is 0 Å². The van der Waals surface area contributed by atoms with E-state index in [1.807, 2.05) is 7.11 Å². The quantitative estimate of drug-likeness (QED) is 0.890. The van der Waals surface area contributed by atoms with Crippen molar-refractivity contribution in [3.8, 4) is 0 Å². The first-order valence-electron chi connectivity index (χ1n) is 6.32. The van der Waals surface area contributed by atoms with E-state index < -0.39 is 0 Å². The monoisotopic (exact) mass is 253 g/mol. The molecule has 1 saturated carbocycles. The Balaban J connectivity index is 2.16. The molecule has 1 aliphatic carbocycles. The van der Waals surface area contributed by atoms with Gasteiger partial charge in [0.2, 0.25) is 0 Å². The zero-order chi connectivity index (χ0) is 12.5. The molecule has 1 fully saturated rings. The fourth-order valence-corrected chi connectivity index (χ4v) is 3.44. The van der Waals surface area contributed by atoms with Gasteiger partial charge in [0, 0.05) is 7.11 Å². The van der Waals surface area contributed by atoms with E-state index in [1.54, 1.807) is 11.3 Å². The molecule has 0 spiro atoms. The summed E-state index contributed by atoms with van der Waals surface area (Å²) in [4.78, 5) is 0. The third kappa shape index (κ3) is 2.56. The van der Waals surface area contributed by atoms with Gasteiger partial charge in [-0.05, 0) is 53.5 Å². The maximum atomic E-state index is 6.43. The van der Waals surface area contributed by atoms with Crippen LogP contribution in [0.15, 0.2) is 16.8 Å². The maximum absolute atomic E-state index is 6.43. The minimum atomic E-state index is -0.156. The van der Waals surface area contributed by atoms with Crippen molar-refractivity contribution in [2.45, 2.75) is 51.2 Å². The summed E-state index contributed by atoms with van der Waals surface area (Å²) in [6.07, 6.45) is 4.51. The summed E-state index contributed by atoms with van der Waals surface area (Å²) >= 11 is 1.71. The van der Waals surface area contributed by atoms with Crippen molar-refractivity contribution in [2.24, 2.45) is 11.1 Å². The molecule has 2 nitrogen and oxygen atoms in total. The molecule has 1 heterocycles. The van der Waals surface area contributed by atoms with E-state index in [1.165, 1.54) is 18.4 Å². The second-order valence-electron chi connectivity index (χ2n) is 5.97. The van der Waals surface area contributed by atoms with E-state index in [0.717, 1.165) is 12.8 Å². The fraction of sp³-hybridized carbons (Fsp3) is 0.714. The second-order valence-corrected chi connectivity index (χ2v) is 6.75. The highest BCUT2D eigenvalue weighted by molar-refractivity contribution is 7.07. The molecule has 2 N–H and O–H groups in total. The number of rotatable bonds is 3. The highest BCUT2D eigenvalue weighted by Gasteiger charge is 2.43. The molecule has 0 saturated heterocycles. The van der Waals surface area contributed by atoms with E-state index in [4.69, 9.17) is 10.5 Å². The van der Waals surface area contributed by atoms with Crippen LogP contribution in [0.4, 0.5) is 0 Å². The third-order valence-corrected chi connectivity index (χ3v) is 5.03. The van der Waals surface area contributed by atoms with Crippen molar-refractivity contribution in [2.75, 3.05) is 7.11 Å². The van der Waals surface area contributed by atoms with Gasteiger partial charge in [0.25, 0.3) is 0 Å². The van der Waals surface area contributed by atoms with E-state index in [2.05, 4.69) is 30.7 Å². The maximum Gasteiger partial charge on any atom is 0.0871 e. The fourth-order valence-electron chi connectivity index (χ4n) is 2.75. The van der Waals surface area contributed by atoms with Gasteiger partial charge in [0.05, 0.1) is 11.6 Å². The average molecular weight is 253 g/mol. The van der Waals surface area contributed by atoms with Gasteiger partial charge in [0.1, 0.15) is 0 Å². The number of ether oxygens (including phenoxy) is 1. The Morgan fingerprint density at radius 1 is 1.29 bits per heavy atom. The van der Waals surface area contributed by atoms with Crippen LogP contribution in [-0.2, 0) is 4.74 Å². The van der Waals surface area contributed by atoms with Gasteiger partial charge >= 0.3 is 0 Å². The Kier molecular flexibility index (Phi) is 3.62. The van der Waals surface area contributed by atoms with Crippen LogP contribution in [0.1, 0.15) is 51.1 Å². The minimum Gasteiger partial charge on any atom is -0.376 e. The first kappa shape index (κ1) is 13.1. The van der Waals surface area contributed by atoms with Crippen molar-refractivity contribution in [1.29, 1.82) is 0 Å². The molecule has 1 aromatic rings. The Morgan fingerprint density at radius 3 is 2.41 bits per heavy atom. The third-order valence-electron chi connectivity index (χ3n) is 4.33. The van der Waals surface area contributed by atoms with Crippen LogP contribution in [0.5, 0.6) is 0 Å². The SMILES string of the molecule is COC1(C(N)c2ccsc2)CCC(C)(C)CC1. The van der Waals surface area contributed by atoms with Crippen molar-refractivity contribution in [3.05, 3.63) is 22.4 Å². The van der Waals surface area contributed by atoms with Crippen molar-refractivity contribution >= 4 is 11.3 Å². The van der Waals surface area contributed by atoms with E-state index in [0.29, 0.717) is 5.41 Å². The molecule has 1 aromatic heterocycles. The van der Waals surface area contributed by atoms with Crippen LogP contribution in [-0.4, -0.2) is 12.7 Å². The molecule has 0 bridgehead atoms. The predicted molar refractivity (Wildman–Crippen MR) is 73.2 cm³/mol. The number of methoxy groups -OCH3 is 1. The first-order valence-corrected chi connectivity index (χ1v) is 7.26. The van der Waals surface area contributed by atoms with Gasteiger partial charge in [0.15, 0.2) is 0 Å². The summed E-state index contributed by atoms with van der Waals surface area (Å²) < 4.78 is 5.84. The lowest BCUT2D eigenvalue weighted by Gasteiger charge is -2.45. The normalized spacial score (nSPS) is 24.5. The number of thiophene rings is 1. The number of hydrogen-bond donors (Lipinski definition) is 1. The zero-order valence-electron chi connectivity index (χ0n) is 11.0. The van der Waals surface area contributed by atoms with Gasteiger partial charge in [-0.2, -0.15) is 11.3 Å². The van der Waals surface area contributed by atoms with E-state index in [9.17, 15) is 0 Å². The van der Waals surface area contributed by atoms with Crippen LogP contribution < -0.4 is 5.73 Å². The van der Waals surface area contributed by atoms with Crippen LogP contribution in [0.3, 0.4) is 0 Å². The Bertz CT molecular complexity index is 348. The summed E-state index contributed by atoms with van der Waals surface area (Å²) in [6, 6.07) is 2.13. The molecule has 0 amide bonds. The molecule has 2 rings (SSSR count). The van der Waals surface area contributed by atoms with Gasteiger partial charge in [-0.25, -0.2) is 0 Å². The molecular formula is C14H23NOS. The lowest BCUT2D eigenvalue weighted by atomic mass is 9.68. The van der Waals surface area contributed by atoms with Crippen LogP contribution in [0, 0.1) is 5.41 Å². The number of nitrogens with two attached hydrogens (primary N) is 1. The lowest BCUT2D eigenvalue weighted by Crippen LogP contribution is -2.47. The second kappa shape index (κ2) is 4.71. The molecule has 1 atom stereocenters. The molecule has 3 heteroatoms. The lowest BCUT2D eigenvalue weighted by molar-refractivity contribution is -0.0793. The molecule has 0 radical (unpaired) electrons. The number of hydrogen-bond acceptors (Lipinski definition) is 3. The highest BCUT2D eigenvalue weighted by Crippen LogP contribution is 2.46.